The van der Waals surface area contributed by atoms with Crippen molar-refractivity contribution in [1.29, 1.82) is 0 Å². The molecule has 0 heteroatoms. The predicted octanol–water partition coefficient (Wildman–Crippen LogP) is 10.3. The van der Waals surface area contributed by atoms with Crippen molar-refractivity contribution in [1.82, 2.24) is 0 Å². The Morgan fingerprint density at radius 1 is 0.417 bits per heavy atom. The summed E-state index contributed by atoms with van der Waals surface area (Å²) in [4.78, 5) is 0. The van der Waals surface area contributed by atoms with Gasteiger partial charge in [-0.15, -0.1) is 0 Å². The molecule has 0 heterocycles. The van der Waals surface area contributed by atoms with Crippen LogP contribution in [0.4, 0.5) is 0 Å². The third-order valence-corrected chi connectivity index (χ3v) is 2.76. The Bertz CT molecular complexity index is 102. The molecule has 0 aromatic rings. The van der Waals surface area contributed by atoms with Crippen molar-refractivity contribution in [2.45, 2.75) is 136 Å². The lowest BCUT2D eigenvalue weighted by Gasteiger charge is -2.14. The minimum atomic E-state index is 0.833. The molecule has 2 atom stereocenters. The van der Waals surface area contributed by atoms with Crippen molar-refractivity contribution in [2.24, 2.45) is 23.7 Å². The van der Waals surface area contributed by atoms with Gasteiger partial charge in [0, 0.05) is 0 Å². The zero-order valence-electron chi connectivity index (χ0n) is 21.1. The first-order valence-corrected chi connectivity index (χ1v) is 11.1. The van der Waals surface area contributed by atoms with Crippen molar-refractivity contribution >= 4 is 0 Å². The second kappa shape index (κ2) is 43.5. The van der Waals surface area contributed by atoms with E-state index in [1.54, 1.807) is 0 Å². The van der Waals surface area contributed by atoms with E-state index in [4.69, 9.17) is 0 Å². The second-order valence-corrected chi connectivity index (χ2v) is 7.24. The molecule has 0 saturated carbocycles. The fourth-order valence-electron chi connectivity index (χ4n) is 0.805. The van der Waals surface area contributed by atoms with Crippen LogP contribution in [-0.2, 0) is 0 Å². The van der Waals surface area contributed by atoms with Gasteiger partial charge in [-0.3, -0.25) is 0 Å². The average molecular weight is 349 g/mol. The summed E-state index contributed by atoms with van der Waals surface area (Å²) in [6.45, 7) is 34.5. The molecule has 24 heavy (non-hydrogen) atoms. The monoisotopic (exact) mass is 348 g/mol. The lowest BCUT2D eigenvalue weighted by Crippen LogP contribution is -2.04. The van der Waals surface area contributed by atoms with E-state index >= 15 is 0 Å². The summed E-state index contributed by atoms with van der Waals surface area (Å²) in [5.74, 6) is 3.50. The van der Waals surface area contributed by atoms with Gasteiger partial charge in [0.2, 0.25) is 0 Å². The SMILES string of the molecule is CC.CC.CC(C)C.CC(C)C.CCC(C)C(C)CC.CCCC. The highest BCUT2D eigenvalue weighted by atomic mass is 14.1. The Balaban J connectivity index is -0.0000000440. The average Bonchev–Trinajstić information content (AvgIpc) is 2.56. The van der Waals surface area contributed by atoms with Gasteiger partial charge in [-0.05, 0) is 23.7 Å². The second-order valence-electron chi connectivity index (χ2n) is 7.24. The first-order valence-electron chi connectivity index (χ1n) is 11.1. The van der Waals surface area contributed by atoms with Crippen LogP contribution in [-0.4, -0.2) is 0 Å². The highest BCUT2D eigenvalue weighted by Gasteiger charge is 2.05. The fourth-order valence-corrected chi connectivity index (χ4v) is 0.805. The van der Waals surface area contributed by atoms with Gasteiger partial charge < -0.3 is 0 Å². The molecule has 0 bridgehead atoms. The largest absolute Gasteiger partial charge is 0.0683 e. The summed E-state index contributed by atoms with van der Waals surface area (Å²) in [5, 5.41) is 0. The molecule has 0 rings (SSSR count). The van der Waals surface area contributed by atoms with Crippen molar-refractivity contribution in [2.75, 3.05) is 0 Å². The molecule has 0 amide bonds. The summed E-state index contributed by atoms with van der Waals surface area (Å²) in [6.07, 6.45) is 5.30. The van der Waals surface area contributed by atoms with E-state index in [0.29, 0.717) is 0 Å². The van der Waals surface area contributed by atoms with E-state index in [0.717, 1.165) is 23.7 Å². The zero-order valence-corrected chi connectivity index (χ0v) is 21.1. The topological polar surface area (TPSA) is 0 Å². The molecule has 0 fully saturated rings. The van der Waals surface area contributed by atoms with Crippen LogP contribution < -0.4 is 0 Å². The Kier molecular flexibility index (Phi) is 71.0. The third-order valence-electron chi connectivity index (χ3n) is 2.76. The van der Waals surface area contributed by atoms with E-state index in [9.17, 15) is 0 Å². The number of hydrogen-bond donors (Lipinski definition) is 0. The molecular formula is C24H60. The Morgan fingerprint density at radius 2 is 0.542 bits per heavy atom. The summed E-state index contributed by atoms with van der Waals surface area (Å²) in [5.41, 5.74) is 0. The van der Waals surface area contributed by atoms with Crippen LogP contribution in [0.1, 0.15) is 136 Å². The zero-order chi connectivity index (χ0) is 21.1. The van der Waals surface area contributed by atoms with Gasteiger partial charge in [0.15, 0.2) is 0 Å². The summed E-state index contributed by atoms with van der Waals surface area (Å²) >= 11 is 0. The van der Waals surface area contributed by atoms with Crippen LogP contribution in [0.15, 0.2) is 0 Å². The summed E-state index contributed by atoms with van der Waals surface area (Å²) in [7, 11) is 0. The Hall–Kier alpha value is 0. The normalized spacial score (nSPS) is 10.8. The van der Waals surface area contributed by atoms with Crippen molar-refractivity contribution in [3.63, 3.8) is 0 Å². The molecule has 0 aliphatic carbocycles. The maximum absolute atomic E-state index is 2.33. The van der Waals surface area contributed by atoms with Crippen molar-refractivity contribution in [3.05, 3.63) is 0 Å². The molecule has 2 unspecified atom stereocenters. The molecule has 0 radical (unpaired) electrons. The Labute approximate surface area is 160 Å². The maximum atomic E-state index is 2.33. The standard InChI is InChI=1S/C8H18.3C4H10.2C2H6/c1-5-7(3)8(4)6-2;2*1-4(2)3;1-3-4-2;2*1-2/h7-8H,5-6H2,1-4H3;2*4H,1-3H3;3-4H2,1-2H3;2*1-2H3. The molecule has 0 aromatic carbocycles. The van der Waals surface area contributed by atoms with Crippen LogP contribution in [0, 0.1) is 23.7 Å². The quantitative estimate of drug-likeness (QED) is 0.474. The third kappa shape index (κ3) is 120. The molecule has 0 aliphatic rings. The van der Waals surface area contributed by atoms with E-state index in [2.05, 4.69) is 83.1 Å². The first-order chi connectivity index (χ1) is 11.1. The summed E-state index contributed by atoms with van der Waals surface area (Å²) in [6, 6.07) is 0. The van der Waals surface area contributed by atoms with E-state index < -0.39 is 0 Å². The van der Waals surface area contributed by atoms with Crippen molar-refractivity contribution in [3.8, 4) is 0 Å². The molecule has 0 aromatic heterocycles. The highest BCUT2D eigenvalue weighted by molar-refractivity contribution is 4.56. The maximum Gasteiger partial charge on any atom is -0.0420 e. The summed E-state index contributed by atoms with van der Waals surface area (Å²) < 4.78 is 0. The smallest absolute Gasteiger partial charge is 0.0420 e. The Morgan fingerprint density at radius 3 is 0.583 bits per heavy atom. The van der Waals surface area contributed by atoms with E-state index in [1.165, 1.54) is 25.7 Å². The molecule has 0 spiro atoms. The van der Waals surface area contributed by atoms with E-state index in [-0.39, 0.29) is 0 Å². The number of hydrogen-bond acceptors (Lipinski definition) is 0. The number of rotatable bonds is 4. The van der Waals surface area contributed by atoms with Crippen LogP contribution in [0.3, 0.4) is 0 Å². The molecule has 0 N–H and O–H groups in total. The molecular weight excluding hydrogens is 288 g/mol. The van der Waals surface area contributed by atoms with Gasteiger partial charge in [-0.2, -0.15) is 0 Å². The van der Waals surface area contributed by atoms with Crippen LogP contribution in [0.5, 0.6) is 0 Å². The van der Waals surface area contributed by atoms with Crippen molar-refractivity contribution < 1.29 is 0 Å². The lowest BCUT2D eigenvalue weighted by molar-refractivity contribution is 0.367. The molecule has 156 valence electrons. The van der Waals surface area contributed by atoms with Crippen LogP contribution >= 0.6 is 0 Å². The number of unbranched alkanes of at least 4 members (excludes halogenated alkanes) is 1. The van der Waals surface area contributed by atoms with Crippen LogP contribution in [0.25, 0.3) is 0 Å². The highest BCUT2D eigenvalue weighted by Crippen LogP contribution is 2.16. The van der Waals surface area contributed by atoms with Gasteiger partial charge in [-0.1, -0.05) is 136 Å². The van der Waals surface area contributed by atoms with Crippen LogP contribution in [0.2, 0.25) is 0 Å². The lowest BCUT2D eigenvalue weighted by atomic mass is 9.92. The minimum absolute atomic E-state index is 0.833. The van der Waals surface area contributed by atoms with Gasteiger partial charge in [0.1, 0.15) is 0 Å². The molecule has 0 saturated heterocycles. The van der Waals surface area contributed by atoms with E-state index in [1.807, 2.05) is 27.7 Å². The van der Waals surface area contributed by atoms with Gasteiger partial charge >= 0.3 is 0 Å². The van der Waals surface area contributed by atoms with Gasteiger partial charge in [-0.25, -0.2) is 0 Å². The predicted molar refractivity (Wildman–Crippen MR) is 123 cm³/mol. The molecule has 0 aliphatic heterocycles. The molecule has 0 nitrogen and oxygen atoms in total. The van der Waals surface area contributed by atoms with Gasteiger partial charge in [0.05, 0.1) is 0 Å². The van der Waals surface area contributed by atoms with Gasteiger partial charge in [0.25, 0.3) is 0 Å². The fraction of sp³-hybridized carbons (Fsp3) is 1.00. The minimum Gasteiger partial charge on any atom is -0.0683 e. The first kappa shape index (κ1) is 39.2.